The molecule has 2 nitrogen and oxygen atoms in total. The lowest BCUT2D eigenvalue weighted by atomic mass is 9.60. The van der Waals surface area contributed by atoms with Crippen LogP contribution in [0.25, 0.3) is 0 Å². The Labute approximate surface area is 101 Å². The van der Waals surface area contributed by atoms with Gasteiger partial charge in [0.05, 0.1) is 5.84 Å². The third kappa shape index (κ3) is 2.50. The van der Waals surface area contributed by atoms with Crippen LogP contribution in [0.2, 0.25) is 5.31 Å². The number of hydrogen-bond donors (Lipinski definition) is 1. The molecule has 1 N–H and O–H groups in total. The average Bonchev–Trinajstić information content (AvgIpc) is 2.11. The molecule has 0 heterocycles. The highest BCUT2D eigenvalue weighted by Crippen LogP contribution is 2.44. The van der Waals surface area contributed by atoms with Gasteiger partial charge in [0, 0.05) is 11.7 Å². The van der Waals surface area contributed by atoms with E-state index in [-0.39, 0.29) is 0 Å². The van der Waals surface area contributed by atoms with Crippen LogP contribution in [-0.4, -0.2) is 24.6 Å². The summed E-state index contributed by atoms with van der Waals surface area (Å²) in [5.74, 6) is 0.669. The minimum atomic E-state index is 0.302. The van der Waals surface area contributed by atoms with Crippen molar-refractivity contribution in [2.75, 3.05) is 0 Å². The fourth-order valence-corrected chi connectivity index (χ4v) is 2.67. The Hall–Kier alpha value is -0.725. The molecule has 0 radical (unpaired) electrons. The Balaban J connectivity index is 3.14. The molecule has 1 rings (SSSR count). The second-order valence-corrected chi connectivity index (χ2v) is 5.86. The van der Waals surface area contributed by atoms with E-state index in [0.29, 0.717) is 17.2 Å². The second kappa shape index (κ2) is 4.64. The van der Waals surface area contributed by atoms with Crippen molar-refractivity contribution in [2.24, 2.45) is 0 Å². The summed E-state index contributed by atoms with van der Waals surface area (Å²) in [5.41, 5.74) is 2.86. The molecule has 0 bridgehead atoms. The molecule has 1 atom stereocenters. The highest BCUT2D eigenvalue weighted by atomic mass is 15.2. The number of nitrogens with zero attached hydrogens (tertiary/aromatic N) is 1. The van der Waals surface area contributed by atoms with Crippen molar-refractivity contribution in [1.29, 1.82) is 5.41 Å². The molecule has 3 heteroatoms. The van der Waals surface area contributed by atoms with E-state index in [0.717, 1.165) is 6.42 Å². The first-order valence-electron chi connectivity index (χ1n) is 6.32. The van der Waals surface area contributed by atoms with E-state index in [9.17, 15) is 0 Å². The largest absolute Gasteiger partial charge is 0.332 e. The molecule has 0 aromatic carbocycles. The maximum absolute atomic E-state index is 7.93. The summed E-state index contributed by atoms with van der Waals surface area (Å²) in [6.07, 6.45) is 3.64. The SMILES string of the molecule is BC1(C)CCCC(N(C(C)=N)C(C)C)=C1C. The normalized spacial score (nSPS) is 26.1. The van der Waals surface area contributed by atoms with Gasteiger partial charge in [-0.05, 0) is 45.9 Å². The molecule has 0 aromatic rings. The molecule has 0 aliphatic heterocycles. The maximum Gasteiger partial charge on any atom is 0.114 e. The third-order valence-electron chi connectivity index (χ3n) is 3.83. The lowest BCUT2D eigenvalue weighted by Crippen LogP contribution is -2.37. The summed E-state index contributed by atoms with van der Waals surface area (Å²) in [7, 11) is 2.32. The van der Waals surface area contributed by atoms with Gasteiger partial charge in [0.15, 0.2) is 0 Å². The quantitative estimate of drug-likeness (QED) is 0.432. The standard InChI is InChI=1S/C13H25BN2/c1-9(2)16(11(4)15)12-7-6-8-13(5,14)10(12)3/h9,15H,6-8,14H2,1-5H3. The van der Waals surface area contributed by atoms with Gasteiger partial charge in [0.25, 0.3) is 0 Å². The molecule has 0 aromatic heterocycles. The second-order valence-electron chi connectivity index (χ2n) is 5.86. The number of allylic oxidation sites excluding steroid dienone is 2. The van der Waals surface area contributed by atoms with Gasteiger partial charge in [-0.1, -0.05) is 18.9 Å². The number of nitrogens with one attached hydrogen (secondary N) is 1. The van der Waals surface area contributed by atoms with Crippen molar-refractivity contribution in [3.63, 3.8) is 0 Å². The summed E-state index contributed by atoms with van der Waals surface area (Å²) >= 11 is 0. The van der Waals surface area contributed by atoms with Gasteiger partial charge in [-0.2, -0.15) is 0 Å². The Morgan fingerprint density at radius 1 is 1.50 bits per heavy atom. The van der Waals surface area contributed by atoms with Crippen LogP contribution in [0.5, 0.6) is 0 Å². The Morgan fingerprint density at radius 3 is 2.50 bits per heavy atom. The monoisotopic (exact) mass is 220 g/mol. The van der Waals surface area contributed by atoms with Crippen molar-refractivity contribution in [3.05, 3.63) is 11.3 Å². The topological polar surface area (TPSA) is 27.1 Å². The predicted molar refractivity (Wildman–Crippen MR) is 73.8 cm³/mol. The summed E-state index contributed by atoms with van der Waals surface area (Å²) < 4.78 is 0. The van der Waals surface area contributed by atoms with E-state index in [4.69, 9.17) is 5.41 Å². The highest BCUT2D eigenvalue weighted by Gasteiger charge is 2.30. The molecular formula is C13H25BN2. The van der Waals surface area contributed by atoms with Crippen LogP contribution < -0.4 is 0 Å². The van der Waals surface area contributed by atoms with Crippen LogP contribution >= 0.6 is 0 Å². The summed E-state index contributed by atoms with van der Waals surface area (Å²) in [4.78, 5) is 2.19. The molecule has 16 heavy (non-hydrogen) atoms. The van der Waals surface area contributed by atoms with Crippen LogP contribution in [0.4, 0.5) is 0 Å². The van der Waals surface area contributed by atoms with Crippen LogP contribution in [0.15, 0.2) is 11.3 Å². The van der Waals surface area contributed by atoms with Crippen molar-refractivity contribution < 1.29 is 0 Å². The molecule has 90 valence electrons. The van der Waals surface area contributed by atoms with E-state index in [2.05, 4.69) is 40.4 Å². The van der Waals surface area contributed by atoms with E-state index in [1.54, 1.807) is 0 Å². The van der Waals surface area contributed by atoms with Crippen molar-refractivity contribution in [1.82, 2.24) is 4.90 Å². The molecule has 0 amide bonds. The molecule has 1 aliphatic rings. The highest BCUT2D eigenvalue weighted by molar-refractivity contribution is 6.17. The third-order valence-corrected chi connectivity index (χ3v) is 3.83. The summed E-state index contributed by atoms with van der Waals surface area (Å²) in [5, 5.41) is 8.23. The average molecular weight is 220 g/mol. The summed E-state index contributed by atoms with van der Waals surface area (Å²) in [6, 6.07) is 0.386. The molecule has 0 spiro atoms. The Morgan fingerprint density at radius 2 is 2.06 bits per heavy atom. The van der Waals surface area contributed by atoms with E-state index < -0.39 is 0 Å². The molecule has 0 saturated carbocycles. The zero-order valence-electron chi connectivity index (χ0n) is 11.6. The van der Waals surface area contributed by atoms with Crippen molar-refractivity contribution in [3.8, 4) is 0 Å². The van der Waals surface area contributed by atoms with Gasteiger partial charge in [0.2, 0.25) is 0 Å². The zero-order chi connectivity index (χ0) is 12.5. The van der Waals surface area contributed by atoms with Crippen molar-refractivity contribution >= 4 is 13.7 Å². The number of rotatable bonds is 2. The van der Waals surface area contributed by atoms with E-state index in [1.807, 2.05) is 6.92 Å². The molecule has 1 aliphatic carbocycles. The first kappa shape index (κ1) is 13.3. The molecular weight excluding hydrogens is 195 g/mol. The number of amidine groups is 1. The Kier molecular flexibility index (Phi) is 3.87. The van der Waals surface area contributed by atoms with E-state index in [1.165, 1.54) is 24.1 Å². The first-order valence-corrected chi connectivity index (χ1v) is 6.32. The first-order chi connectivity index (χ1) is 7.27. The minimum Gasteiger partial charge on any atom is -0.332 e. The smallest absolute Gasteiger partial charge is 0.114 e. The van der Waals surface area contributed by atoms with Gasteiger partial charge >= 0.3 is 0 Å². The van der Waals surface area contributed by atoms with Crippen LogP contribution in [0.3, 0.4) is 0 Å². The fourth-order valence-electron chi connectivity index (χ4n) is 2.67. The van der Waals surface area contributed by atoms with Gasteiger partial charge in [-0.15, -0.1) is 0 Å². The molecule has 1 unspecified atom stereocenters. The van der Waals surface area contributed by atoms with Crippen LogP contribution in [-0.2, 0) is 0 Å². The predicted octanol–water partition coefficient (Wildman–Crippen LogP) is 2.96. The van der Waals surface area contributed by atoms with Gasteiger partial charge < -0.3 is 4.90 Å². The maximum atomic E-state index is 7.93. The van der Waals surface area contributed by atoms with Gasteiger partial charge in [-0.3, -0.25) is 5.41 Å². The Bertz CT molecular complexity index is 316. The van der Waals surface area contributed by atoms with Crippen LogP contribution in [0, 0.1) is 5.41 Å². The lowest BCUT2D eigenvalue weighted by molar-refractivity contribution is 0.372. The van der Waals surface area contributed by atoms with Crippen LogP contribution in [0.1, 0.15) is 53.9 Å². The number of hydrogen-bond acceptors (Lipinski definition) is 1. The zero-order valence-corrected chi connectivity index (χ0v) is 11.6. The molecule has 0 fully saturated rings. The van der Waals surface area contributed by atoms with E-state index >= 15 is 0 Å². The lowest BCUT2D eigenvalue weighted by Gasteiger charge is -2.40. The minimum absolute atomic E-state index is 0.302. The molecule has 0 saturated heterocycles. The van der Waals surface area contributed by atoms with Gasteiger partial charge in [0.1, 0.15) is 7.85 Å². The summed E-state index contributed by atoms with van der Waals surface area (Å²) in [6.45, 7) is 10.8. The van der Waals surface area contributed by atoms with Gasteiger partial charge in [-0.25, -0.2) is 0 Å². The fraction of sp³-hybridized carbons (Fsp3) is 0.769. The van der Waals surface area contributed by atoms with Crippen molar-refractivity contribution in [2.45, 2.75) is 65.2 Å².